The van der Waals surface area contributed by atoms with E-state index in [0.717, 1.165) is 0 Å². The fraction of sp³-hybridized carbons (Fsp3) is 0.812. The number of ketones is 1. The van der Waals surface area contributed by atoms with Gasteiger partial charge in [-0.25, -0.2) is 4.79 Å². The van der Waals surface area contributed by atoms with Crippen LogP contribution in [0.1, 0.15) is 47.5 Å². The van der Waals surface area contributed by atoms with Gasteiger partial charge in [-0.1, -0.05) is 34.6 Å². The van der Waals surface area contributed by atoms with E-state index in [1.54, 1.807) is 7.05 Å². The van der Waals surface area contributed by atoms with E-state index >= 15 is 0 Å². The van der Waals surface area contributed by atoms with Crippen molar-refractivity contribution in [3.8, 4) is 0 Å². The Hall–Kier alpha value is -1.63. The lowest BCUT2D eigenvalue weighted by atomic mass is 9.84. The molecule has 0 radical (unpaired) electrons. The van der Waals surface area contributed by atoms with E-state index in [9.17, 15) is 14.4 Å². The number of hydrogen-bond donors (Lipinski definition) is 4. The van der Waals surface area contributed by atoms with Gasteiger partial charge in [0, 0.05) is 12.0 Å². The maximum absolute atomic E-state index is 12.6. The molecule has 2 atom stereocenters. The molecule has 0 aliphatic rings. The highest BCUT2D eigenvalue weighted by molar-refractivity contribution is 5.93. The summed E-state index contributed by atoms with van der Waals surface area (Å²) in [5, 5.41) is 8.31. The topological polar surface area (TPSA) is 113 Å². The molecule has 0 saturated carbocycles. The summed E-state index contributed by atoms with van der Waals surface area (Å²) in [7, 11) is 1.72. The van der Waals surface area contributed by atoms with Crippen molar-refractivity contribution >= 4 is 17.7 Å². The normalized spacial score (nSPS) is 14.2. The van der Waals surface area contributed by atoms with Crippen molar-refractivity contribution in [2.75, 3.05) is 13.6 Å². The minimum atomic E-state index is -0.595. The zero-order valence-electron chi connectivity index (χ0n) is 15.2. The Balaban J connectivity index is 4.88. The number of likely N-dealkylation sites (N-methyl/N-ethyl adjacent to an activating group) is 1. The molecule has 7 heteroatoms. The van der Waals surface area contributed by atoms with Crippen molar-refractivity contribution in [1.82, 2.24) is 16.0 Å². The van der Waals surface area contributed by atoms with Crippen LogP contribution in [0.25, 0.3) is 0 Å². The largest absolute Gasteiger partial charge is 0.352 e. The number of urea groups is 1. The van der Waals surface area contributed by atoms with E-state index in [0.29, 0.717) is 19.4 Å². The molecule has 0 unspecified atom stereocenters. The molecule has 134 valence electrons. The molecule has 0 bridgehead atoms. The summed E-state index contributed by atoms with van der Waals surface area (Å²) in [4.78, 5) is 35.6. The molecular formula is C16H32N4O3. The van der Waals surface area contributed by atoms with Crippen molar-refractivity contribution in [2.45, 2.75) is 59.5 Å². The van der Waals surface area contributed by atoms with Crippen molar-refractivity contribution in [3.05, 3.63) is 0 Å². The van der Waals surface area contributed by atoms with E-state index < -0.39 is 17.5 Å². The SMILES string of the molecule is CN[C@H](C(=O)N[C@@H](CCCNC(N)=O)C(=O)C(C)(C)C)C(C)C. The molecule has 0 aromatic carbocycles. The highest BCUT2D eigenvalue weighted by Gasteiger charge is 2.32. The van der Waals surface area contributed by atoms with Gasteiger partial charge in [0.2, 0.25) is 5.91 Å². The summed E-state index contributed by atoms with van der Waals surface area (Å²) in [5.41, 5.74) is 4.46. The first-order valence-corrected chi connectivity index (χ1v) is 8.06. The Labute approximate surface area is 139 Å². The standard InChI is InChI=1S/C16H32N4O3/c1-10(2)12(18-6)14(22)20-11(13(21)16(3,4)5)8-7-9-19-15(17)23/h10-12,18H,7-9H2,1-6H3,(H,20,22)(H3,17,19,23)/t11-,12-/m0/s1. The fourth-order valence-corrected chi connectivity index (χ4v) is 2.34. The maximum atomic E-state index is 12.6. The van der Waals surface area contributed by atoms with Gasteiger partial charge in [0.1, 0.15) is 0 Å². The maximum Gasteiger partial charge on any atom is 0.312 e. The second kappa shape index (κ2) is 9.50. The van der Waals surface area contributed by atoms with E-state index in [2.05, 4.69) is 16.0 Å². The third-order valence-electron chi connectivity index (χ3n) is 3.60. The lowest BCUT2D eigenvalue weighted by Gasteiger charge is -2.28. The van der Waals surface area contributed by atoms with Crippen molar-refractivity contribution in [2.24, 2.45) is 17.1 Å². The van der Waals surface area contributed by atoms with Crippen LogP contribution in [0.2, 0.25) is 0 Å². The number of nitrogens with one attached hydrogen (secondary N) is 3. The Bertz CT molecular complexity index is 416. The molecular weight excluding hydrogens is 296 g/mol. The van der Waals surface area contributed by atoms with Crippen LogP contribution in [0, 0.1) is 11.3 Å². The molecule has 0 fully saturated rings. The van der Waals surface area contributed by atoms with Gasteiger partial charge in [0.15, 0.2) is 5.78 Å². The van der Waals surface area contributed by atoms with E-state index in [1.807, 2.05) is 34.6 Å². The third-order valence-corrected chi connectivity index (χ3v) is 3.60. The van der Waals surface area contributed by atoms with Crippen LogP contribution in [0.4, 0.5) is 4.79 Å². The van der Waals surface area contributed by atoms with E-state index in [-0.39, 0.29) is 23.7 Å². The average Bonchev–Trinajstić information content (AvgIpc) is 2.40. The van der Waals surface area contributed by atoms with Crippen LogP contribution in [0.5, 0.6) is 0 Å². The number of rotatable bonds is 9. The van der Waals surface area contributed by atoms with Gasteiger partial charge in [-0.15, -0.1) is 0 Å². The van der Waals surface area contributed by atoms with Gasteiger partial charge >= 0.3 is 6.03 Å². The molecule has 23 heavy (non-hydrogen) atoms. The van der Waals surface area contributed by atoms with Crippen LogP contribution >= 0.6 is 0 Å². The fourth-order valence-electron chi connectivity index (χ4n) is 2.34. The first kappa shape index (κ1) is 21.4. The zero-order valence-corrected chi connectivity index (χ0v) is 15.2. The Morgan fingerprint density at radius 2 is 1.70 bits per heavy atom. The van der Waals surface area contributed by atoms with Crippen LogP contribution in [-0.4, -0.2) is 43.4 Å². The minimum Gasteiger partial charge on any atom is -0.352 e. The number of hydrogen-bond acceptors (Lipinski definition) is 4. The minimum absolute atomic E-state index is 0.0245. The molecule has 0 aromatic rings. The molecule has 0 heterocycles. The Kier molecular flexibility index (Phi) is 8.82. The molecule has 0 rings (SSSR count). The molecule has 5 N–H and O–H groups in total. The Morgan fingerprint density at radius 3 is 2.09 bits per heavy atom. The van der Waals surface area contributed by atoms with Crippen LogP contribution < -0.4 is 21.7 Å². The number of primary amides is 1. The quantitative estimate of drug-likeness (QED) is 0.468. The van der Waals surface area contributed by atoms with Gasteiger partial charge in [-0.2, -0.15) is 0 Å². The molecule has 0 aliphatic heterocycles. The average molecular weight is 328 g/mol. The highest BCUT2D eigenvalue weighted by Crippen LogP contribution is 2.19. The molecule has 3 amide bonds. The number of nitrogens with two attached hydrogens (primary N) is 1. The van der Waals surface area contributed by atoms with E-state index in [4.69, 9.17) is 5.73 Å². The molecule has 0 saturated heterocycles. The smallest absolute Gasteiger partial charge is 0.312 e. The second-order valence-corrected chi connectivity index (χ2v) is 7.12. The predicted molar refractivity (Wildman–Crippen MR) is 90.9 cm³/mol. The number of Topliss-reactive ketones (excluding diaryl/α,β-unsaturated/α-hetero) is 1. The lowest BCUT2D eigenvalue weighted by molar-refractivity contribution is -0.133. The van der Waals surface area contributed by atoms with Crippen molar-refractivity contribution in [1.29, 1.82) is 0 Å². The van der Waals surface area contributed by atoms with E-state index in [1.165, 1.54) is 0 Å². The van der Waals surface area contributed by atoms with Crippen LogP contribution in [0.3, 0.4) is 0 Å². The first-order chi connectivity index (χ1) is 10.5. The van der Waals surface area contributed by atoms with Gasteiger partial charge in [0.25, 0.3) is 0 Å². The summed E-state index contributed by atoms with van der Waals surface area (Å²) >= 11 is 0. The predicted octanol–water partition coefficient (Wildman–Crippen LogP) is 0.779. The zero-order chi connectivity index (χ0) is 18.2. The number of carbonyl (C=O) groups excluding carboxylic acids is 3. The number of amides is 3. The number of carbonyl (C=O) groups is 3. The highest BCUT2D eigenvalue weighted by atomic mass is 16.2. The summed E-state index contributed by atoms with van der Waals surface area (Å²) in [6.45, 7) is 9.74. The van der Waals surface area contributed by atoms with Crippen molar-refractivity contribution in [3.63, 3.8) is 0 Å². The van der Waals surface area contributed by atoms with Crippen molar-refractivity contribution < 1.29 is 14.4 Å². The van der Waals surface area contributed by atoms with Crippen LogP contribution in [0.15, 0.2) is 0 Å². The lowest BCUT2D eigenvalue weighted by Crippen LogP contribution is -2.53. The first-order valence-electron chi connectivity index (χ1n) is 8.06. The molecule has 0 spiro atoms. The monoisotopic (exact) mass is 328 g/mol. The van der Waals surface area contributed by atoms with Gasteiger partial charge in [-0.3, -0.25) is 9.59 Å². The summed E-state index contributed by atoms with van der Waals surface area (Å²) < 4.78 is 0. The van der Waals surface area contributed by atoms with Gasteiger partial charge < -0.3 is 21.7 Å². The van der Waals surface area contributed by atoms with Gasteiger partial charge in [-0.05, 0) is 25.8 Å². The molecule has 0 aromatic heterocycles. The third kappa shape index (κ3) is 7.97. The Morgan fingerprint density at radius 1 is 1.13 bits per heavy atom. The van der Waals surface area contributed by atoms with Gasteiger partial charge in [0.05, 0.1) is 12.1 Å². The molecule has 7 nitrogen and oxygen atoms in total. The second-order valence-electron chi connectivity index (χ2n) is 7.12. The summed E-state index contributed by atoms with van der Waals surface area (Å²) in [6.07, 6.45) is 1.01. The summed E-state index contributed by atoms with van der Waals surface area (Å²) in [6, 6.07) is -1.52. The summed E-state index contributed by atoms with van der Waals surface area (Å²) in [5.74, 6) is -0.0987. The van der Waals surface area contributed by atoms with Crippen LogP contribution in [-0.2, 0) is 9.59 Å². The molecule has 0 aliphatic carbocycles.